The summed E-state index contributed by atoms with van der Waals surface area (Å²) in [4.78, 5) is 8.37. The first-order valence-corrected chi connectivity index (χ1v) is 6.06. The fourth-order valence-corrected chi connectivity index (χ4v) is 1.98. The van der Waals surface area contributed by atoms with Crippen LogP contribution in [0.2, 0.25) is 0 Å². The van der Waals surface area contributed by atoms with Crippen LogP contribution in [0, 0.1) is 0 Å². The first kappa shape index (κ1) is 11.4. The molecule has 0 aliphatic carbocycles. The van der Waals surface area contributed by atoms with E-state index in [1.54, 1.807) is 12.4 Å². The summed E-state index contributed by atoms with van der Waals surface area (Å²) in [7, 11) is 0. The number of aromatic nitrogens is 2. The van der Waals surface area contributed by atoms with E-state index in [4.69, 9.17) is 5.73 Å². The average Bonchev–Trinajstić information content (AvgIpc) is 2.49. The summed E-state index contributed by atoms with van der Waals surface area (Å²) in [5.74, 6) is 0.433. The molecule has 19 heavy (non-hydrogen) atoms. The number of anilines is 1. The van der Waals surface area contributed by atoms with E-state index in [0.29, 0.717) is 5.82 Å². The molecular formula is C16H13N3. The van der Waals surface area contributed by atoms with Crippen molar-refractivity contribution in [2.45, 2.75) is 0 Å². The first-order valence-electron chi connectivity index (χ1n) is 6.06. The van der Waals surface area contributed by atoms with Crippen molar-refractivity contribution in [2.24, 2.45) is 0 Å². The van der Waals surface area contributed by atoms with Crippen LogP contribution >= 0.6 is 0 Å². The van der Waals surface area contributed by atoms with Crippen LogP contribution in [0.1, 0.15) is 0 Å². The molecule has 3 aromatic rings. The molecule has 2 aromatic carbocycles. The van der Waals surface area contributed by atoms with Gasteiger partial charge in [-0.3, -0.25) is 4.98 Å². The van der Waals surface area contributed by atoms with Gasteiger partial charge >= 0.3 is 0 Å². The number of benzene rings is 2. The third-order valence-corrected chi connectivity index (χ3v) is 2.94. The minimum atomic E-state index is 0.433. The number of hydrogen-bond acceptors (Lipinski definition) is 3. The highest BCUT2D eigenvalue weighted by Crippen LogP contribution is 2.24. The van der Waals surface area contributed by atoms with Crippen molar-refractivity contribution < 1.29 is 0 Å². The second kappa shape index (κ2) is 4.90. The minimum Gasteiger partial charge on any atom is -0.382 e. The van der Waals surface area contributed by atoms with Crippen LogP contribution in [-0.2, 0) is 0 Å². The summed E-state index contributed by atoms with van der Waals surface area (Å²) in [5.41, 5.74) is 9.77. The van der Waals surface area contributed by atoms with Gasteiger partial charge in [-0.2, -0.15) is 0 Å². The van der Waals surface area contributed by atoms with Crippen molar-refractivity contribution in [3.05, 3.63) is 67.0 Å². The average molecular weight is 247 g/mol. The molecule has 0 aliphatic heterocycles. The quantitative estimate of drug-likeness (QED) is 0.755. The highest BCUT2D eigenvalue weighted by molar-refractivity contribution is 5.71. The molecule has 0 amide bonds. The fraction of sp³-hybridized carbons (Fsp3) is 0. The van der Waals surface area contributed by atoms with E-state index in [1.165, 1.54) is 5.56 Å². The van der Waals surface area contributed by atoms with E-state index in [1.807, 2.05) is 30.3 Å². The number of rotatable bonds is 2. The molecule has 0 spiro atoms. The number of hydrogen-bond donors (Lipinski definition) is 1. The lowest BCUT2D eigenvalue weighted by Crippen LogP contribution is -1.92. The summed E-state index contributed by atoms with van der Waals surface area (Å²) in [5, 5.41) is 0. The lowest BCUT2D eigenvalue weighted by Gasteiger charge is -2.05. The zero-order valence-corrected chi connectivity index (χ0v) is 10.3. The zero-order chi connectivity index (χ0) is 13.1. The van der Waals surface area contributed by atoms with E-state index >= 15 is 0 Å². The van der Waals surface area contributed by atoms with Crippen LogP contribution in [0.5, 0.6) is 0 Å². The monoisotopic (exact) mass is 247 g/mol. The Balaban J connectivity index is 2.03. The Morgan fingerprint density at radius 3 is 2.16 bits per heavy atom. The van der Waals surface area contributed by atoms with Crippen molar-refractivity contribution in [1.82, 2.24) is 9.97 Å². The van der Waals surface area contributed by atoms with Gasteiger partial charge in [-0.15, -0.1) is 0 Å². The van der Waals surface area contributed by atoms with Gasteiger partial charge < -0.3 is 5.73 Å². The topological polar surface area (TPSA) is 51.8 Å². The van der Waals surface area contributed by atoms with Gasteiger partial charge in [-0.25, -0.2) is 4.98 Å². The molecule has 0 saturated carbocycles. The Morgan fingerprint density at radius 2 is 1.42 bits per heavy atom. The predicted octanol–water partition coefficient (Wildman–Crippen LogP) is 3.39. The van der Waals surface area contributed by atoms with Crippen molar-refractivity contribution in [1.29, 1.82) is 0 Å². The molecular weight excluding hydrogens is 234 g/mol. The molecule has 3 rings (SSSR count). The van der Waals surface area contributed by atoms with Gasteiger partial charge in [0.25, 0.3) is 0 Å². The van der Waals surface area contributed by atoms with Gasteiger partial charge in [0.05, 0.1) is 18.1 Å². The molecule has 3 heteroatoms. The van der Waals surface area contributed by atoms with Crippen LogP contribution < -0.4 is 5.73 Å². The summed E-state index contributed by atoms with van der Waals surface area (Å²) in [6.45, 7) is 0. The van der Waals surface area contributed by atoms with E-state index in [2.05, 4.69) is 34.2 Å². The fourth-order valence-electron chi connectivity index (χ4n) is 1.98. The molecule has 0 fully saturated rings. The van der Waals surface area contributed by atoms with Gasteiger partial charge in [-0.05, 0) is 17.2 Å². The maximum Gasteiger partial charge on any atom is 0.141 e. The third kappa shape index (κ3) is 2.45. The van der Waals surface area contributed by atoms with Gasteiger partial charge in [0.1, 0.15) is 5.82 Å². The standard InChI is InChI=1S/C16H13N3/c17-16-11-18-15(10-19-16)14-8-4-7-13(9-14)12-5-2-1-3-6-12/h1-11H,(H2,17,19). The highest BCUT2D eigenvalue weighted by atomic mass is 14.9. The van der Waals surface area contributed by atoms with Gasteiger partial charge in [-0.1, -0.05) is 48.5 Å². The summed E-state index contributed by atoms with van der Waals surface area (Å²) in [6.07, 6.45) is 3.27. The van der Waals surface area contributed by atoms with E-state index in [-0.39, 0.29) is 0 Å². The van der Waals surface area contributed by atoms with Gasteiger partial charge in [0.2, 0.25) is 0 Å². The van der Waals surface area contributed by atoms with Crippen molar-refractivity contribution in [3.8, 4) is 22.4 Å². The molecule has 0 radical (unpaired) electrons. The van der Waals surface area contributed by atoms with Crippen molar-refractivity contribution in [3.63, 3.8) is 0 Å². The Labute approximate surface area is 111 Å². The number of nitrogens with two attached hydrogens (primary N) is 1. The normalized spacial score (nSPS) is 10.3. The zero-order valence-electron chi connectivity index (χ0n) is 10.3. The van der Waals surface area contributed by atoms with Crippen LogP contribution in [0.4, 0.5) is 5.82 Å². The molecule has 0 unspecified atom stereocenters. The molecule has 0 bridgehead atoms. The Bertz CT molecular complexity index is 676. The lowest BCUT2D eigenvalue weighted by molar-refractivity contribution is 1.22. The minimum absolute atomic E-state index is 0.433. The van der Waals surface area contributed by atoms with E-state index < -0.39 is 0 Å². The van der Waals surface area contributed by atoms with Crippen LogP contribution in [-0.4, -0.2) is 9.97 Å². The molecule has 2 N–H and O–H groups in total. The largest absolute Gasteiger partial charge is 0.382 e. The van der Waals surface area contributed by atoms with Crippen LogP contribution in [0.3, 0.4) is 0 Å². The predicted molar refractivity (Wildman–Crippen MR) is 77.3 cm³/mol. The summed E-state index contributed by atoms with van der Waals surface area (Å²) >= 11 is 0. The number of nitrogen functional groups attached to an aromatic ring is 1. The molecule has 0 saturated heterocycles. The smallest absolute Gasteiger partial charge is 0.141 e. The Morgan fingerprint density at radius 1 is 0.684 bits per heavy atom. The van der Waals surface area contributed by atoms with Crippen LogP contribution in [0.25, 0.3) is 22.4 Å². The lowest BCUT2D eigenvalue weighted by atomic mass is 10.0. The van der Waals surface area contributed by atoms with Crippen molar-refractivity contribution in [2.75, 3.05) is 5.73 Å². The summed E-state index contributed by atoms with van der Waals surface area (Å²) < 4.78 is 0. The second-order valence-corrected chi connectivity index (χ2v) is 4.27. The highest BCUT2D eigenvalue weighted by Gasteiger charge is 2.02. The van der Waals surface area contributed by atoms with Crippen molar-refractivity contribution >= 4 is 5.82 Å². The first-order chi connectivity index (χ1) is 9.33. The molecule has 92 valence electrons. The van der Waals surface area contributed by atoms with E-state index in [9.17, 15) is 0 Å². The van der Waals surface area contributed by atoms with Gasteiger partial charge in [0.15, 0.2) is 0 Å². The molecule has 3 nitrogen and oxygen atoms in total. The van der Waals surface area contributed by atoms with Gasteiger partial charge in [0, 0.05) is 5.56 Å². The molecule has 1 heterocycles. The third-order valence-electron chi connectivity index (χ3n) is 2.94. The van der Waals surface area contributed by atoms with Crippen LogP contribution in [0.15, 0.2) is 67.0 Å². The van der Waals surface area contributed by atoms with E-state index in [0.717, 1.165) is 16.8 Å². The second-order valence-electron chi connectivity index (χ2n) is 4.27. The SMILES string of the molecule is Nc1cnc(-c2cccc(-c3ccccc3)c2)cn1. The maximum absolute atomic E-state index is 5.55. The molecule has 0 aliphatic rings. The Kier molecular flexibility index (Phi) is 2.94. The summed E-state index contributed by atoms with van der Waals surface area (Å²) in [6, 6.07) is 18.5. The number of nitrogens with zero attached hydrogens (tertiary/aromatic N) is 2. The molecule has 1 aromatic heterocycles. The maximum atomic E-state index is 5.55. The molecule has 0 atom stereocenters. The Hall–Kier alpha value is -2.68.